The van der Waals surface area contributed by atoms with Crippen molar-refractivity contribution in [3.63, 3.8) is 0 Å². The number of aromatic nitrogens is 1. The third-order valence-corrected chi connectivity index (χ3v) is 6.18. The Bertz CT molecular complexity index is 1140. The van der Waals surface area contributed by atoms with Gasteiger partial charge in [0, 0.05) is 18.5 Å². The van der Waals surface area contributed by atoms with Gasteiger partial charge in [-0.05, 0) is 37.1 Å². The summed E-state index contributed by atoms with van der Waals surface area (Å²) in [6, 6.07) is 12.4. The van der Waals surface area contributed by atoms with Crippen molar-refractivity contribution in [3.8, 4) is 22.1 Å². The molecule has 0 aliphatic carbocycles. The number of hydrogen-bond acceptors (Lipinski definition) is 7. The van der Waals surface area contributed by atoms with Gasteiger partial charge in [0.15, 0.2) is 11.5 Å². The summed E-state index contributed by atoms with van der Waals surface area (Å²) >= 11 is 1.32. The third-order valence-electron chi connectivity index (χ3n) is 5.30. The monoisotopic (exact) mass is 467 g/mol. The van der Waals surface area contributed by atoms with Crippen molar-refractivity contribution in [1.82, 2.24) is 10.3 Å². The number of methoxy groups -OCH3 is 2. The maximum atomic E-state index is 12.9. The van der Waals surface area contributed by atoms with Gasteiger partial charge in [-0.15, -0.1) is 11.3 Å². The Morgan fingerprint density at radius 2 is 1.97 bits per heavy atom. The molecule has 3 aromatic rings. The minimum atomic E-state index is -0.404. The second kappa shape index (κ2) is 10.5. The highest BCUT2D eigenvalue weighted by Crippen LogP contribution is 2.39. The summed E-state index contributed by atoms with van der Waals surface area (Å²) in [5.41, 5.74) is 1.78. The molecule has 0 bridgehead atoms. The van der Waals surface area contributed by atoms with E-state index in [0.717, 1.165) is 25.0 Å². The summed E-state index contributed by atoms with van der Waals surface area (Å²) in [6.07, 6.45) is 1.98. The zero-order chi connectivity index (χ0) is 23.2. The molecule has 2 N–H and O–H groups in total. The lowest BCUT2D eigenvalue weighted by Gasteiger charge is -2.13. The summed E-state index contributed by atoms with van der Waals surface area (Å²) in [4.78, 5) is 30.1. The predicted octanol–water partition coefficient (Wildman–Crippen LogP) is 3.99. The Balaban J connectivity index is 1.49. The minimum absolute atomic E-state index is 0.0396. The number of hydrogen-bond donors (Lipinski definition) is 2. The fraction of sp³-hybridized carbons (Fsp3) is 0.292. The van der Waals surface area contributed by atoms with Gasteiger partial charge in [-0.25, -0.2) is 4.98 Å². The lowest BCUT2D eigenvalue weighted by molar-refractivity contribution is 0.0858. The molecule has 4 rings (SSSR count). The van der Waals surface area contributed by atoms with Crippen LogP contribution in [-0.2, 0) is 4.74 Å². The molecule has 1 saturated heterocycles. The molecule has 1 unspecified atom stereocenters. The zero-order valence-electron chi connectivity index (χ0n) is 18.4. The van der Waals surface area contributed by atoms with E-state index in [1.165, 1.54) is 11.3 Å². The maximum Gasteiger partial charge on any atom is 0.275 e. The maximum absolute atomic E-state index is 12.9. The molecular weight excluding hydrogens is 442 g/mol. The van der Waals surface area contributed by atoms with Crippen molar-refractivity contribution in [3.05, 3.63) is 59.1 Å². The molecule has 0 spiro atoms. The van der Waals surface area contributed by atoms with Crippen molar-refractivity contribution in [2.24, 2.45) is 0 Å². The topological polar surface area (TPSA) is 98.8 Å². The Labute approximate surface area is 195 Å². The number of amides is 2. The number of ether oxygens (including phenoxy) is 3. The number of rotatable bonds is 8. The summed E-state index contributed by atoms with van der Waals surface area (Å²) in [5.74, 6) is 0.467. The van der Waals surface area contributed by atoms with Gasteiger partial charge in [0.1, 0.15) is 10.7 Å². The Hall–Kier alpha value is -3.43. The van der Waals surface area contributed by atoms with E-state index in [1.807, 2.05) is 12.1 Å². The van der Waals surface area contributed by atoms with E-state index in [0.29, 0.717) is 34.3 Å². The fourth-order valence-corrected chi connectivity index (χ4v) is 4.46. The molecular formula is C24H25N3O5S. The van der Waals surface area contributed by atoms with Crippen LogP contribution in [-0.4, -0.2) is 50.3 Å². The summed E-state index contributed by atoms with van der Waals surface area (Å²) in [5, 5.41) is 7.99. The molecule has 0 radical (unpaired) electrons. The van der Waals surface area contributed by atoms with E-state index < -0.39 is 5.91 Å². The summed E-state index contributed by atoms with van der Waals surface area (Å²) < 4.78 is 16.4. The quantitative estimate of drug-likeness (QED) is 0.520. The SMILES string of the molecule is COc1cccc(-c2nc(C(=O)Nc3ccccc3C(=O)NCC3CCCO3)cs2)c1OC. The average Bonchev–Trinajstić information content (AvgIpc) is 3.55. The Kier molecular flexibility index (Phi) is 7.21. The number of carbonyl (C=O) groups is 2. The van der Waals surface area contributed by atoms with Gasteiger partial charge in [0.25, 0.3) is 11.8 Å². The van der Waals surface area contributed by atoms with Crippen LogP contribution in [0.4, 0.5) is 5.69 Å². The van der Waals surface area contributed by atoms with Crippen LogP contribution >= 0.6 is 11.3 Å². The first kappa shape index (κ1) is 22.8. The van der Waals surface area contributed by atoms with Gasteiger partial charge in [0.2, 0.25) is 0 Å². The number of para-hydroxylation sites is 2. The minimum Gasteiger partial charge on any atom is -0.493 e. The van der Waals surface area contributed by atoms with Gasteiger partial charge in [-0.1, -0.05) is 18.2 Å². The highest BCUT2D eigenvalue weighted by molar-refractivity contribution is 7.13. The van der Waals surface area contributed by atoms with Crippen LogP contribution in [0.15, 0.2) is 47.8 Å². The normalized spacial score (nSPS) is 15.2. The van der Waals surface area contributed by atoms with Gasteiger partial charge >= 0.3 is 0 Å². The number of thiazole rings is 1. The van der Waals surface area contributed by atoms with Gasteiger partial charge in [-0.3, -0.25) is 9.59 Å². The second-order valence-corrected chi connectivity index (χ2v) is 8.28. The van der Waals surface area contributed by atoms with Crippen molar-refractivity contribution < 1.29 is 23.8 Å². The molecule has 1 aromatic heterocycles. The fourth-order valence-electron chi connectivity index (χ4n) is 3.64. The number of carbonyl (C=O) groups excluding carboxylic acids is 2. The highest BCUT2D eigenvalue weighted by Gasteiger charge is 2.20. The van der Waals surface area contributed by atoms with Crippen LogP contribution in [0.2, 0.25) is 0 Å². The Morgan fingerprint density at radius 3 is 2.73 bits per heavy atom. The molecule has 33 heavy (non-hydrogen) atoms. The molecule has 1 aliphatic rings. The molecule has 2 heterocycles. The van der Waals surface area contributed by atoms with E-state index in [1.54, 1.807) is 49.9 Å². The van der Waals surface area contributed by atoms with Crippen LogP contribution in [0.25, 0.3) is 10.6 Å². The van der Waals surface area contributed by atoms with Crippen LogP contribution < -0.4 is 20.1 Å². The van der Waals surface area contributed by atoms with Crippen LogP contribution in [0.1, 0.15) is 33.7 Å². The molecule has 2 amide bonds. The molecule has 1 atom stereocenters. The number of anilines is 1. The standard InChI is InChI=1S/C24H25N3O5S/c1-30-20-11-5-9-17(21(20)31-2)24-27-19(14-33-24)23(29)26-18-10-4-3-8-16(18)22(28)25-13-15-7-6-12-32-15/h3-5,8-11,14-15H,6-7,12-13H2,1-2H3,(H,25,28)(H,26,29). The first-order valence-corrected chi connectivity index (χ1v) is 11.5. The highest BCUT2D eigenvalue weighted by atomic mass is 32.1. The lowest BCUT2D eigenvalue weighted by atomic mass is 10.1. The first-order valence-electron chi connectivity index (χ1n) is 10.6. The number of nitrogens with one attached hydrogen (secondary N) is 2. The molecule has 8 nitrogen and oxygen atoms in total. The molecule has 2 aromatic carbocycles. The van der Waals surface area contributed by atoms with Gasteiger partial charge in [0.05, 0.1) is 37.1 Å². The smallest absolute Gasteiger partial charge is 0.275 e. The van der Waals surface area contributed by atoms with Gasteiger partial charge < -0.3 is 24.8 Å². The largest absolute Gasteiger partial charge is 0.493 e. The average molecular weight is 468 g/mol. The van der Waals surface area contributed by atoms with Crippen molar-refractivity contribution in [1.29, 1.82) is 0 Å². The number of benzene rings is 2. The van der Waals surface area contributed by atoms with Crippen LogP contribution in [0.3, 0.4) is 0 Å². The van der Waals surface area contributed by atoms with E-state index >= 15 is 0 Å². The van der Waals surface area contributed by atoms with Gasteiger partial charge in [-0.2, -0.15) is 0 Å². The molecule has 9 heteroatoms. The zero-order valence-corrected chi connectivity index (χ0v) is 19.2. The predicted molar refractivity (Wildman–Crippen MR) is 126 cm³/mol. The van der Waals surface area contributed by atoms with E-state index in [-0.39, 0.29) is 17.7 Å². The summed E-state index contributed by atoms with van der Waals surface area (Å²) in [7, 11) is 3.13. The van der Waals surface area contributed by atoms with Crippen LogP contribution in [0, 0.1) is 0 Å². The van der Waals surface area contributed by atoms with E-state index in [2.05, 4.69) is 15.6 Å². The van der Waals surface area contributed by atoms with Crippen molar-refractivity contribution >= 4 is 28.8 Å². The first-order chi connectivity index (χ1) is 16.1. The molecule has 0 saturated carbocycles. The van der Waals surface area contributed by atoms with Crippen molar-refractivity contribution in [2.45, 2.75) is 18.9 Å². The van der Waals surface area contributed by atoms with E-state index in [9.17, 15) is 9.59 Å². The second-order valence-electron chi connectivity index (χ2n) is 7.42. The molecule has 172 valence electrons. The van der Waals surface area contributed by atoms with E-state index in [4.69, 9.17) is 14.2 Å². The number of nitrogens with zero attached hydrogens (tertiary/aromatic N) is 1. The lowest BCUT2D eigenvalue weighted by Crippen LogP contribution is -2.32. The Morgan fingerprint density at radius 1 is 1.12 bits per heavy atom. The molecule has 1 aliphatic heterocycles. The van der Waals surface area contributed by atoms with Crippen molar-refractivity contribution in [2.75, 3.05) is 32.7 Å². The molecule has 1 fully saturated rings. The third kappa shape index (κ3) is 5.15. The summed E-state index contributed by atoms with van der Waals surface area (Å²) in [6.45, 7) is 1.17. The van der Waals surface area contributed by atoms with Crippen LogP contribution in [0.5, 0.6) is 11.5 Å².